The fourth-order valence-electron chi connectivity index (χ4n) is 3.64. The van der Waals surface area contributed by atoms with E-state index in [1.165, 1.54) is 25.8 Å². The summed E-state index contributed by atoms with van der Waals surface area (Å²) in [7, 11) is 2.24. The lowest BCUT2D eigenvalue weighted by Crippen LogP contribution is -2.47. The predicted octanol–water partition coefficient (Wildman–Crippen LogP) is 3.40. The molecule has 3 atom stereocenters. The Bertz CT molecular complexity index is 275. The van der Waals surface area contributed by atoms with Crippen molar-refractivity contribution in [3.8, 4) is 0 Å². The molecule has 0 bridgehead atoms. The van der Waals surface area contributed by atoms with E-state index < -0.39 is 0 Å². The van der Waals surface area contributed by atoms with Gasteiger partial charge in [-0.2, -0.15) is 0 Å². The fourth-order valence-corrected chi connectivity index (χ4v) is 3.64. The van der Waals surface area contributed by atoms with E-state index in [0.29, 0.717) is 11.5 Å². The Balaban J connectivity index is 2.54. The maximum Gasteiger partial charge on any atom is 0.0593 e. The zero-order chi connectivity index (χ0) is 15.9. The van der Waals surface area contributed by atoms with Crippen LogP contribution in [0.2, 0.25) is 0 Å². The van der Waals surface area contributed by atoms with Gasteiger partial charge < -0.3 is 15.0 Å². The van der Waals surface area contributed by atoms with Crippen LogP contribution in [0.25, 0.3) is 0 Å². The minimum absolute atomic E-state index is 0.444. The molecule has 1 rings (SSSR count). The van der Waals surface area contributed by atoms with Crippen LogP contribution in [-0.2, 0) is 4.74 Å². The molecule has 0 radical (unpaired) electrons. The first-order valence-corrected chi connectivity index (χ1v) is 8.88. The first-order valence-electron chi connectivity index (χ1n) is 8.88. The molecule has 3 nitrogen and oxygen atoms in total. The molecule has 1 N–H and O–H groups in total. The number of hydrogen-bond donors (Lipinski definition) is 1. The Labute approximate surface area is 132 Å². The van der Waals surface area contributed by atoms with Gasteiger partial charge in [-0.3, -0.25) is 0 Å². The van der Waals surface area contributed by atoms with Crippen LogP contribution < -0.4 is 5.32 Å². The molecule has 0 saturated heterocycles. The van der Waals surface area contributed by atoms with Crippen molar-refractivity contribution in [3.63, 3.8) is 0 Å². The summed E-state index contributed by atoms with van der Waals surface area (Å²) in [4.78, 5) is 2.45. The molecule has 0 heterocycles. The zero-order valence-electron chi connectivity index (χ0n) is 15.2. The van der Waals surface area contributed by atoms with E-state index >= 15 is 0 Å². The highest BCUT2D eigenvalue weighted by atomic mass is 16.5. The Morgan fingerprint density at radius 3 is 2.48 bits per heavy atom. The first kappa shape index (κ1) is 18.9. The second kappa shape index (κ2) is 9.12. The molecule has 1 aliphatic carbocycles. The molecule has 126 valence electrons. The van der Waals surface area contributed by atoms with Crippen molar-refractivity contribution in [2.45, 2.75) is 59.9 Å². The van der Waals surface area contributed by atoms with Gasteiger partial charge in [0.15, 0.2) is 0 Å². The van der Waals surface area contributed by atoms with Crippen LogP contribution in [0, 0.1) is 17.3 Å². The molecule has 1 saturated carbocycles. The molecular formula is C18H38N2O. The maximum absolute atomic E-state index is 5.49. The third kappa shape index (κ3) is 6.66. The molecule has 0 aromatic carbocycles. The number of rotatable bonds is 8. The Kier molecular flexibility index (Phi) is 8.22. The Morgan fingerprint density at radius 2 is 1.90 bits per heavy atom. The van der Waals surface area contributed by atoms with E-state index in [2.05, 4.69) is 51.9 Å². The van der Waals surface area contributed by atoms with Crippen LogP contribution in [0.4, 0.5) is 0 Å². The van der Waals surface area contributed by atoms with Gasteiger partial charge in [0.2, 0.25) is 0 Å². The lowest BCUT2D eigenvalue weighted by atomic mass is 9.67. The van der Waals surface area contributed by atoms with Gasteiger partial charge in [-0.25, -0.2) is 0 Å². The molecule has 1 aliphatic rings. The third-order valence-electron chi connectivity index (χ3n) is 5.04. The van der Waals surface area contributed by atoms with E-state index in [1.54, 1.807) is 0 Å². The predicted molar refractivity (Wildman–Crippen MR) is 91.7 cm³/mol. The van der Waals surface area contributed by atoms with Gasteiger partial charge in [-0.1, -0.05) is 27.7 Å². The zero-order valence-corrected chi connectivity index (χ0v) is 15.2. The smallest absolute Gasteiger partial charge is 0.0593 e. The quantitative estimate of drug-likeness (QED) is 0.695. The highest BCUT2D eigenvalue weighted by Crippen LogP contribution is 2.40. The van der Waals surface area contributed by atoms with E-state index in [-0.39, 0.29) is 0 Å². The van der Waals surface area contributed by atoms with Crippen LogP contribution in [0.5, 0.6) is 0 Å². The Morgan fingerprint density at radius 1 is 1.19 bits per heavy atom. The Hall–Kier alpha value is -0.120. The molecule has 0 aromatic heterocycles. The monoisotopic (exact) mass is 298 g/mol. The van der Waals surface area contributed by atoms with Gasteiger partial charge in [0, 0.05) is 25.7 Å². The average molecular weight is 299 g/mol. The molecule has 0 spiro atoms. The highest BCUT2D eigenvalue weighted by Gasteiger charge is 2.35. The molecule has 3 unspecified atom stereocenters. The summed E-state index contributed by atoms with van der Waals surface area (Å²) in [6, 6.07) is 0.697. The number of hydrogen-bond acceptors (Lipinski definition) is 3. The summed E-state index contributed by atoms with van der Waals surface area (Å²) in [5.41, 5.74) is 0.444. The van der Waals surface area contributed by atoms with E-state index in [0.717, 1.165) is 38.1 Å². The third-order valence-corrected chi connectivity index (χ3v) is 5.04. The van der Waals surface area contributed by atoms with E-state index in [9.17, 15) is 0 Å². The normalized spacial score (nSPS) is 27.3. The van der Waals surface area contributed by atoms with Gasteiger partial charge in [0.1, 0.15) is 0 Å². The summed E-state index contributed by atoms with van der Waals surface area (Å²) in [6.45, 7) is 16.5. The van der Waals surface area contributed by atoms with Crippen LogP contribution in [-0.4, -0.2) is 50.8 Å². The first-order chi connectivity index (χ1) is 9.88. The number of nitrogens with zero attached hydrogens (tertiary/aromatic N) is 1. The van der Waals surface area contributed by atoms with Crippen molar-refractivity contribution in [1.29, 1.82) is 0 Å². The van der Waals surface area contributed by atoms with Gasteiger partial charge in [-0.15, -0.1) is 0 Å². The van der Waals surface area contributed by atoms with Crippen molar-refractivity contribution in [1.82, 2.24) is 10.2 Å². The molecule has 0 aromatic rings. The number of ether oxygens (including phenoxy) is 1. The van der Waals surface area contributed by atoms with Crippen molar-refractivity contribution >= 4 is 0 Å². The molecule has 21 heavy (non-hydrogen) atoms. The number of nitrogens with one attached hydrogen (secondary N) is 1. The van der Waals surface area contributed by atoms with Crippen molar-refractivity contribution in [2.24, 2.45) is 17.3 Å². The minimum Gasteiger partial charge on any atom is -0.380 e. The second-order valence-corrected chi connectivity index (χ2v) is 7.76. The highest BCUT2D eigenvalue weighted by molar-refractivity contribution is 4.90. The molecule has 0 amide bonds. The van der Waals surface area contributed by atoms with Crippen molar-refractivity contribution in [2.75, 3.05) is 39.9 Å². The summed E-state index contributed by atoms with van der Waals surface area (Å²) < 4.78 is 5.49. The van der Waals surface area contributed by atoms with Gasteiger partial charge in [-0.05, 0) is 57.0 Å². The summed E-state index contributed by atoms with van der Waals surface area (Å²) in [5.74, 6) is 1.63. The van der Waals surface area contributed by atoms with Crippen LogP contribution >= 0.6 is 0 Å². The topological polar surface area (TPSA) is 24.5 Å². The SMILES string of the molecule is CCNC1CCC(C(C)(C)C)CC1CN(C)CCOCC. The lowest BCUT2D eigenvalue weighted by molar-refractivity contribution is 0.0779. The standard InChI is InChI=1S/C18H38N2O/c1-7-19-17-10-9-16(18(3,4)5)13-15(17)14-20(6)11-12-21-8-2/h15-17,19H,7-14H2,1-6H3. The fraction of sp³-hybridized carbons (Fsp3) is 1.00. The van der Waals surface area contributed by atoms with Crippen LogP contribution in [0.3, 0.4) is 0 Å². The number of likely N-dealkylation sites (N-methyl/N-ethyl adjacent to an activating group) is 1. The van der Waals surface area contributed by atoms with Gasteiger partial charge in [0.25, 0.3) is 0 Å². The van der Waals surface area contributed by atoms with E-state index in [4.69, 9.17) is 4.74 Å². The largest absolute Gasteiger partial charge is 0.380 e. The molecule has 0 aliphatic heterocycles. The molecule has 1 fully saturated rings. The van der Waals surface area contributed by atoms with Gasteiger partial charge in [0.05, 0.1) is 6.61 Å². The summed E-state index contributed by atoms with van der Waals surface area (Å²) in [5, 5.41) is 3.72. The maximum atomic E-state index is 5.49. The van der Waals surface area contributed by atoms with Crippen LogP contribution in [0.15, 0.2) is 0 Å². The second-order valence-electron chi connectivity index (χ2n) is 7.76. The summed E-state index contributed by atoms with van der Waals surface area (Å²) in [6.07, 6.45) is 4.07. The average Bonchev–Trinajstić information content (AvgIpc) is 2.40. The molecule has 3 heteroatoms. The van der Waals surface area contributed by atoms with E-state index in [1.807, 2.05) is 0 Å². The summed E-state index contributed by atoms with van der Waals surface area (Å²) >= 11 is 0. The van der Waals surface area contributed by atoms with Crippen molar-refractivity contribution < 1.29 is 4.74 Å². The molecular weight excluding hydrogens is 260 g/mol. The minimum atomic E-state index is 0.444. The van der Waals surface area contributed by atoms with Crippen molar-refractivity contribution in [3.05, 3.63) is 0 Å². The lowest BCUT2D eigenvalue weighted by Gasteiger charge is -2.43. The van der Waals surface area contributed by atoms with Crippen LogP contribution in [0.1, 0.15) is 53.9 Å². The van der Waals surface area contributed by atoms with Gasteiger partial charge >= 0.3 is 0 Å².